The molecule has 0 saturated carbocycles. The average Bonchev–Trinajstić information content (AvgIpc) is 2.21. The van der Waals surface area contributed by atoms with Crippen molar-refractivity contribution in [1.82, 2.24) is 5.32 Å². The molecule has 0 spiro atoms. The van der Waals surface area contributed by atoms with E-state index in [-0.39, 0.29) is 0 Å². The van der Waals surface area contributed by atoms with Gasteiger partial charge in [-0.3, -0.25) is 0 Å². The van der Waals surface area contributed by atoms with E-state index in [1.807, 2.05) is 0 Å². The van der Waals surface area contributed by atoms with Crippen LogP contribution in [0.2, 0.25) is 0 Å². The SMILES string of the molecule is CCCNC(CCOCCC(C)C)C(C)C. The molecular weight excluding hydrogens is 198 g/mol. The van der Waals surface area contributed by atoms with E-state index in [0.717, 1.165) is 32.1 Å². The highest BCUT2D eigenvalue weighted by atomic mass is 16.5. The first kappa shape index (κ1) is 15.9. The molecule has 0 aromatic rings. The smallest absolute Gasteiger partial charge is 0.0480 e. The minimum Gasteiger partial charge on any atom is -0.381 e. The maximum atomic E-state index is 5.67. The zero-order chi connectivity index (χ0) is 12.4. The van der Waals surface area contributed by atoms with E-state index < -0.39 is 0 Å². The molecule has 1 atom stereocenters. The van der Waals surface area contributed by atoms with Crippen LogP contribution in [0, 0.1) is 11.8 Å². The molecule has 0 aromatic heterocycles. The Balaban J connectivity index is 3.52. The predicted molar refractivity (Wildman–Crippen MR) is 71.8 cm³/mol. The van der Waals surface area contributed by atoms with E-state index in [2.05, 4.69) is 39.9 Å². The molecule has 1 unspecified atom stereocenters. The first-order valence-corrected chi connectivity index (χ1v) is 6.89. The average molecular weight is 229 g/mol. The summed E-state index contributed by atoms with van der Waals surface area (Å²) in [5.74, 6) is 1.44. The Morgan fingerprint density at radius 2 is 1.62 bits per heavy atom. The molecular formula is C14H31NO. The fraction of sp³-hybridized carbons (Fsp3) is 1.00. The molecule has 0 heterocycles. The summed E-state index contributed by atoms with van der Waals surface area (Å²) < 4.78 is 5.67. The second-order valence-electron chi connectivity index (χ2n) is 5.39. The van der Waals surface area contributed by atoms with Gasteiger partial charge in [-0.05, 0) is 37.6 Å². The van der Waals surface area contributed by atoms with Crippen molar-refractivity contribution < 1.29 is 4.74 Å². The molecule has 0 aliphatic heterocycles. The predicted octanol–water partition coefficient (Wildman–Crippen LogP) is 3.46. The molecule has 0 bridgehead atoms. The van der Waals surface area contributed by atoms with Crippen LogP contribution < -0.4 is 5.32 Å². The third-order valence-corrected chi connectivity index (χ3v) is 2.87. The fourth-order valence-corrected chi connectivity index (χ4v) is 1.63. The molecule has 0 rings (SSSR count). The van der Waals surface area contributed by atoms with Crippen LogP contribution in [0.25, 0.3) is 0 Å². The van der Waals surface area contributed by atoms with Gasteiger partial charge in [0.05, 0.1) is 0 Å². The Bertz CT molecular complexity index is 146. The van der Waals surface area contributed by atoms with E-state index in [1.54, 1.807) is 0 Å². The maximum Gasteiger partial charge on any atom is 0.0480 e. The number of rotatable bonds is 10. The molecule has 0 fully saturated rings. The van der Waals surface area contributed by atoms with E-state index in [1.165, 1.54) is 12.8 Å². The Morgan fingerprint density at radius 3 is 2.12 bits per heavy atom. The van der Waals surface area contributed by atoms with Crippen molar-refractivity contribution in [3.05, 3.63) is 0 Å². The Hall–Kier alpha value is -0.0800. The van der Waals surface area contributed by atoms with Gasteiger partial charge in [0.1, 0.15) is 0 Å². The number of hydrogen-bond acceptors (Lipinski definition) is 2. The third kappa shape index (κ3) is 9.17. The van der Waals surface area contributed by atoms with Gasteiger partial charge >= 0.3 is 0 Å². The maximum absolute atomic E-state index is 5.67. The first-order chi connectivity index (χ1) is 7.57. The Labute approximate surface area is 102 Å². The molecule has 0 radical (unpaired) electrons. The van der Waals surface area contributed by atoms with E-state index in [4.69, 9.17) is 4.74 Å². The molecule has 98 valence electrons. The molecule has 0 saturated heterocycles. The van der Waals surface area contributed by atoms with E-state index in [9.17, 15) is 0 Å². The molecule has 2 heteroatoms. The summed E-state index contributed by atoms with van der Waals surface area (Å²) in [6.07, 6.45) is 3.52. The van der Waals surface area contributed by atoms with Gasteiger partial charge in [0, 0.05) is 19.3 Å². The van der Waals surface area contributed by atoms with E-state index >= 15 is 0 Å². The lowest BCUT2D eigenvalue weighted by molar-refractivity contribution is 0.110. The van der Waals surface area contributed by atoms with Crippen LogP contribution in [0.1, 0.15) is 53.9 Å². The lowest BCUT2D eigenvalue weighted by atomic mass is 10.0. The van der Waals surface area contributed by atoms with Crippen molar-refractivity contribution in [2.45, 2.75) is 59.9 Å². The van der Waals surface area contributed by atoms with Crippen LogP contribution >= 0.6 is 0 Å². The van der Waals surface area contributed by atoms with Crippen molar-refractivity contribution in [1.29, 1.82) is 0 Å². The van der Waals surface area contributed by atoms with Crippen molar-refractivity contribution >= 4 is 0 Å². The zero-order valence-corrected chi connectivity index (χ0v) is 11.9. The minimum atomic E-state index is 0.610. The summed E-state index contributed by atoms with van der Waals surface area (Å²) >= 11 is 0. The summed E-state index contributed by atoms with van der Waals surface area (Å²) in [5, 5.41) is 3.59. The van der Waals surface area contributed by atoms with Crippen LogP contribution in [0.5, 0.6) is 0 Å². The minimum absolute atomic E-state index is 0.610. The third-order valence-electron chi connectivity index (χ3n) is 2.87. The molecule has 0 aromatic carbocycles. The lowest BCUT2D eigenvalue weighted by Gasteiger charge is -2.22. The van der Waals surface area contributed by atoms with Gasteiger partial charge in [-0.25, -0.2) is 0 Å². The van der Waals surface area contributed by atoms with Gasteiger partial charge in [0.25, 0.3) is 0 Å². The lowest BCUT2D eigenvalue weighted by Crippen LogP contribution is -2.35. The van der Waals surface area contributed by atoms with E-state index in [0.29, 0.717) is 12.0 Å². The van der Waals surface area contributed by atoms with Gasteiger partial charge in [0.15, 0.2) is 0 Å². The van der Waals surface area contributed by atoms with Crippen LogP contribution in [-0.2, 0) is 4.74 Å². The number of nitrogens with one attached hydrogen (secondary N) is 1. The molecule has 2 nitrogen and oxygen atoms in total. The largest absolute Gasteiger partial charge is 0.381 e. The molecule has 0 aliphatic rings. The Morgan fingerprint density at radius 1 is 1.00 bits per heavy atom. The van der Waals surface area contributed by atoms with Crippen molar-refractivity contribution in [3.63, 3.8) is 0 Å². The summed E-state index contributed by atoms with van der Waals surface area (Å²) in [7, 11) is 0. The quantitative estimate of drug-likeness (QED) is 0.579. The van der Waals surface area contributed by atoms with Crippen molar-refractivity contribution in [2.24, 2.45) is 11.8 Å². The van der Waals surface area contributed by atoms with Crippen LogP contribution in [0.3, 0.4) is 0 Å². The van der Waals surface area contributed by atoms with Crippen LogP contribution in [-0.4, -0.2) is 25.8 Å². The zero-order valence-electron chi connectivity index (χ0n) is 11.9. The van der Waals surface area contributed by atoms with Gasteiger partial charge in [-0.1, -0.05) is 34.6 Å². The van der Waals surface area contributed by atoms with Gasteiger partial charge in [0.2, 0.25) is 0 Å². The summed E-state index contributed by atoms with van der Waals surface area (Å²) in [5.41, 5.74) is 0. The highest BCUT2D eigenvalue weighted by Crippen LogP contribution is 2.07. The summed E-state index contributed by atoms with van der Waals surface area (Å²) in [6, 6.07) is 0.610. The second-order valence-corrected chi connectivity index (χ2v) is 5.39. The normalized spacial score (nSPS) is 13.7. The molecule has 1 N–H and O–H groups in total. The summed E-state index contributed by atoms with van der Waals surface area (Å²) in [4.78, 5) is 0. The monoisotopic (exact) mass is 229 g/mol. The van der Waals surface area contributed by atoms with Crippen molar-refractivity contribution in [2.75, 3.05) is 19.8 Å². The van der Waals surface area contributed by atoms with Gasteiger partial charge < -0.3 is 10.1 Å². The highest BCUT2D eigenvalue weighted by molar-refractivity contribution is 4.69. The van der Waals surface area contributed by atoms with Gasteiger partial charge in [-0.2, -0.15) is 0 Å². The van der Waals surface area contributed by atoms with Gasteiger partial charge in [-0.15, -0.1) is 0 Å². The fourth-order valence-electron chi connectivity index (χ4n) is 1.63. The standard InChI is InChI=1S/C14H31NO/c1-6-9-15-14(13(4)5)8-11-16-10-7-12(2)3/h12-15H,6-11H2,1-5H3. The number of ether oxygens (including phenoxy) is 1. The molecule has 0 amide bonds. The van der Waals surface area contributed by atoms with Crippen LogP contribution in [0.15, 0.2) is 0 Å². The molecule has 16 heavy (non-hydrogen) atoms. The summed E-state index contributed by atoms with van der Waals surface area (Å²) in [6.45, 7) is 14.2. The number of hydrogen-bond donors (Lipinski definition) is 1. The Kier molecular flexibility index (Phi) is 10.0. The highest BCUT2D eigenvalue weighted by Gasteiger charge is 2.11. The van der Waals surface area contributed by atoms with Crippen LogP contribution in [0.4, 0.5) is 0 Å². The van der Waals surface area contributed by atoms with Crippen molar-refractivity contribution in [3.8, 4) is 0 Å². The molecule has 0 aliphatic carbocycles. The second kappa shape index (κ2) is 10.1. The topological polar surface area (TPSA) is 21.3 Å². The first-order valence-electron chi connectivity index (χ1n) is 6.89.